The Bertz CT molecular complexity index is 702. The normalized spacial score (nSPS) is 10.5. The molecule has 0 unspecified atom stereocenters. The maximum atomic E-state index is 4.76. The van der Waals surface area contributed by atoms with Crippen molar-refractivity contribution in [3.8, 4) is 0 Å². The Kier molecular flexibility index (Phi) is 4.11. The SMILES string of the molecule is Cc1nc(Cc2ccccc2)ccc1Cc1ccccc1. The van der Waals surface area contributed by atoms with E-state index < -0.39 is 0 Å². The van der Waals surface area contributed by atoms with Gasteiger partial charge < -0.3 is 0 Å². The topological polar surface area (TPSA) is 12.9 Å². The van der Waals surface area contributed by atoms with Crippen molar-refractivity contribution in [1.82, 2.24) is 4.98 Å². The number of hydrogen-bond donors (Lipinski definition) is 0. The lowest BCUT2D eigenvalue weighted by molar-refractivity contribution is 0.997. The molecule has 0 N–H and O–H groups in total. The van der Waals surface area contributed by atoms with Crippen LogP contribution in [0.2, 0.25) is 0 Å². The first-order chi connectivity index (χ1) is 10.3. The third-order valence-electron chi connectivity index (χ3n) is 3.72. The van der Waals surface area contributed by atoms with Crippen molar-refractivity contribution in [1.29, 1.82) is 0 Å². The summed E-state index contributed by atoms with van der Waals surface area (Å²) in [6.07, 6.45) is 1.85. The lowest BCUT2D eigenvalue weighted by Gasteiger charge is -2.08. The van der Waals surface area contributed by atoms with E-state index in [4.69, 9.17) is 4.98 Å². The van der Waals surface area contributed by atoms with Crippen LogP contribution >= 0.6 is 0 Å². The first kappa shape index (κ1) is 13.6. The smallest absolute Gasteiger partial charge is 0.0450 e. The van der Waals surface area contributed by atoms with Gasteiger partial charge in [0.2, 0.25) is 0 Å². The Balaban J connectivity index is 1.77. The van der Waals surface area contributed by atoms with E-state index >= 15 is 0 Å². The molecule has 0 radical (unpaired) electrons. The second kappa shape index (κ2) is 6.36. The number of hydrogen-bond acceptors (Lipinski definition) is 1. The molecule has 3 rings (SSSR count). The van der Waals surface area contributed by atoms with Crippen LogP contribution < -0.4 is 0 Å². The number of nitrogens with zero attached hydrogens (tertiary/aromatic N) is 1. The minimum atomic E-state index is 0.896. The second-order valence-corrected chi connectivity index (χ2v) is 5.37. The fourth-order valence-electron chi connectivity index (χ4n) is 2.55. The van der Waals surface area contributed by atoms with E-state index in [1.165, 1.54) is 16.7 Å². The summed E-state index contributed by atoms with van der Waals surface area (Å²) in [6.45, 7) is 2.10. The lowest BCUT2D eigenvalue weighted by atomic mass is 10.0. The summed E-state index contributed by atoms with van der Waals surface area (Å²) in [5, 5.41) is 0. The first-order valence-corrected chi connectivity index (χ1v) is 7.34. The largest absolute Gasteiger partial charge is 0.258 e. The molecule has 0 saturated heterocycles. The molecule has 0 saturated carbocycles. The van der Waals surface area contributed by atoms with Crippen LogP contribution in [-0.4, -0.2) is 4.98 Å². The van der Waals surface area contributed by atoms with Gasteiger partial charge in [-0.1, -0.05) is 66.7 Å². The summed E-state index contributed by atoms with van der Waals surface area (Å²) in [5.74, 6) is 0. The molecule has 0 amide bonds. The number of pyridine rings is 1. The molecule has 3 aromatic rings. The van der Waals surface area contributed by atoms with Crippen LogP contribution in [-0.2, 0) is 12.8 Å². The van der Waals surface area contributed by atoms with E-state index in [-0.39, 0.29) is 0 Å². The highest BCUT2D eigenvalue weighted by Gasteiger charge is 2.04. The number of aromatic nitrogens is 1. The third-order valence-corrected chi connectivity index (χ3v) is 3.72. The predicted molar refractivity (Wildman–Crippen MR) is 87.5 cm³/mol. The molecule has 0 aliphatic heterocycles. The highest BCUT2D eigenvalue weighted by molar-refractivity contribution is 5.31. The van der Waals surface area contributed by atoms with E-state index in [2.05, 4.69) is 73.7 Å². The summed E-state index contributed by atoms with van der Waals surface area (Å²) >= 11 is 0. The quantitative estimate of drug-likeness (QED) is 0.678. The van der Waals surface area contributed by atoms with Crippen LogP contribution in [0.3, 0.4) is 0 Å². The Morgan fingerprint density at radius 1 is 0.667 bits per heavy atom. The summed E-state index contributed by atoms with van der Waals surface area (Å²) in [4.78, 5) is 4.76. The van der Waals surface area contributed by atoms with Crippen LogP contribution in [0.25, 0.3) is 0 Å². The lowest BCUT2D eigenvalue weighted by Crippen LogP contribution is -1.99. The van der Waals surface area contributed by atoms with Crippen molar-refractivity contribution < 1.29 is 0 Å². The van der Waals surface area contributed by atoms with Gasteiger partial charge in [-0.15, -0.1) is 0 Å². The van der Waals surface area contributed by atoms with Gasteiger partial charge >= 0.3 is 0 Å². The first-order valence-electron chi connectivity index (χ1n) is 7.34. The Morgan fingerprint density at radius 3 is 1.81 bits per heavy atom. The van der Waals surface area contributed by atoms with Crippen LogP contribution in [0.15, 0.2) is 72.8 Å². The number of aryl methyl sites for hydroxylation is 1. The van der Waals surface area contributed by atoms with Crippen molar-refractivity contribution in [2.75, 3.05) is 0 Å². The molecule has 0 spiro atoms. The Hall–Kier alpha value is -2.41. The van der Waals surface area contributed by atoms with Crippen LogP contribution in [0, 0.1) is 6.92 Å². The molecule has 0 bridgehead atoms. The molecule has 0 fully saturated rings. The predicted octanol–water partition coefficient (Wildman–Crippen LogP) is 4.57. The molecule has 0 aliphatic carbocycles. The molecule has 0 aliphatic rings. The van der Waals surface area contributed by atoms with E-state index in [1.807, 2.05) is 6.07 Å². The minimum absolute atomic E-state index is 0.896. The van der Waals surface area contributed by atoms with E-state index in [9.17, 15) is 0 Å². The summed E-state index contributed by atoms with van der Waals surface area (Å²) < 4.78 is 0. The van der Waals surface area contributed by atoms with Gasteiger partial charge in [0, 0.05) is 17.8 Å². The van der Waals surface area contributed by atoms with Gasteiger partial charge in [0.1, 0.15) is 0 Å². The minimum Gasteiger partial charge on any atom is -0.258 e. The fourth-order valence-corrected chi connectivity index (χ4v) is 2.55. The molecular formula is C20H19N. The molecule has 21 heavy (non-hydrogen) atoms. The van der Waals surface area contributed by atoms with Crippen molar-refractivity contribution in [2.45, 2.75) is 19.8 Å². The average Bonchev–Trinajstić information content (AvgIpc) is 2.52. The van der Waals surface area contributed by atoms with Gasteiger partial charge in [0.05, 0.1) is 0 Å². The van der Waals surface area contributed by atoms with E-state index in [0.29, 0.717) is 0 Å². The maximum absolute atomic E-state index is 4.76. The van der Waals surface area contributed by atoms with Gasteiger partial charge in [-0.2, -0.15) is 0 Å². The number of benzene rings is 2. The highest BCUT2D eigenvalue weighted by Crippen LogP contribution is 2.15. The van der Waals surface area contributed by atoms with Gasteiger partial charge in [0.25, 0.3) is 0 Å². The molecule has 104 valence electrons. The van der Waals surface area contributed by atoms with Gasteiger partial charge in [0.15, 0.2) is 0 Å². The van der Waals surface area contributed by atoms with Gasteiger partial charge in [-0.05, 0) is 36.1 Å². The van der Waals surface area contributed by atoms with Crippen LogP contribution in [0.4, 0.5) is 0 Å². The molecule has 0 atom stereocenters. The Morgan fingerprint density at radius 2 is 1.24 bits per heavy atom. The molecule has 1 nitrogen and oxygen atoms in total. The standard InChI is InChI=1S/C20H19N/c1-16-19(14-17-8-4-2-5-9-17)12-13-20(21-16)15-18-10-6-3-7-11-18/h2-13H,14-15H2,1H3. The highest BCUT2D eigenvalue weighted by atomic mass is 14.7. The summed E-state index contributed by atoms with van der Waals surface area (Å²) in [5.41, 5.74) is 6.21. The summed E-state index contributed by atoms with van der Waals surface area (Å²) in [7, 11) is 0. The van der Waals surface area contributed by atoms with E-state index in [0.717, 1.165) is 24.2 Å². The van der Waals surface area contributed by atoms with Crippen molar-refractivity contribution in [3.05, 3.63) is 101 Å². The molecular weight excluding hydrogens is 254 g/mol. The molecule has 1 heterocycles. The average molecular weight is 273 g/mol. The maximum Gasteiger partial charge on any atom is 0.0450 e. The molecule has 2 aromatic carbocycles. The monoisotopic (exact) mass is 273 g/mol. The third kappa shape index (κ3) is 3.57. The second-order valence-electron chi connectivity index (χ2n) is 5.37. The number of rotatable bonds is 4. The zero-order valence-corrected chi connectivity index (χ0v) is 12.3. The van der Waals surface area contributed by atoms with Gasteiger partial charge in [-0.25, -0.2) is 0 Å². The van der Waals surface area contributed by atoms with Crippen molar-refractivity contribution in [2.24, 2.45) is 0 Å². The summed E-state index contributed by atoms with van der Waals surface area (Å²) in [6, 6.07) is 25.4. The molecule has 1 aromatic heterocycles. The zero-order valence-electron chi connectivity index (χ0n) is 12.3. The van der Waals surface area contributed by atoms with Crippen LogP contribution in [0.1, 0.15) is 28.1 Å². The van der Waals surface area contributed by atoms with Crippen molar-refractivity contribution in [3.63, 3.8) is 0 Å². The zero-order chi connectivity index (χ0) is 14.5. The molecule has 1 heteroatoms. The van der Waals surface area contributed by atoms with Crippen molar-refractivity contribution >= 4 is 0 Å². The van der Waals surface area contributed by atoms with E-state index in [1.54, 1.807) is 0 Å². The fraction of sp³-hybridized carbons (Fsp3) is 0.150. The van der Waals surface area contributed by atoms with Crippen LogP contribution in [0.5, 0.6) is 0 Å². The Labute approximate surface area is 126 Å². The van der Waals surface area contributed by atoms with Gasteiger partial charge in [-0.3, -0.25) is 4.98 Å².